The third-order valence-electron chi connectivity index (χ3n) is 13.3. The summed E-state index contributed by atoms with van der Waals surface area (Å²) in [4.78, 5) is 15.3. The van der Waals surface area contributed by atoms with Crippen LogP contribution in [0, 0.1) is 0 Å². The summed E-state index contributed by atoms with van der Waals surface area (Å²) in [6.07, 6.45) is 8.08. The minimum atomic E-state index is 0.546. The first-order valence-electron chi connectivity index (χ1n) is 23.8. The van der Waals surface area contributed by atoms with Gasteiger partial charge in [0, 0.05) is 44.0 Å². The number of benzene rings is 9. The molecule has 0 aliphatic carbocycles. The first-order valence-corrected chi connectivity index (χ1v) is 23.8. The molecule has 3 heterocycles. The first-order chi connectivity index (χ1) is 35.1. The largest absolute Gasteiger partial charge is 0.496 e. The number of aromatic nitrogens is 4. The minimum absolute atomic E-state index is 0.546. The van der Waals surface area contributed by atoms with Gasteiger partial charge in [-0.2, -0.15) is 0 Å². The Kier molecular flexibility index (Phi) is 11.0. The van der Waals surface area contributed by atoms with Gasteiger partial charge in [0.15, 0.2) is 17.5 Å². The van der Waals surface area contributed by atoms with Crippen molar-refractivity contribution in [2.75, 3.05) is 7.11 Å². The molecule has 0 saturated heterocycles. The summed E-state index contributed by atoms with van der Waals surface area (Å²) in [5.74, 6) is 2.41. The number of hydrogen-bond donors (Lipinski definition) is 0. The number of furan rings is 1. The van der Waals surface area contributed by atoms with Crippen LogP contribution in [0.5, 0.6) is 5.75 Å². The molecule has 338 valence electrons. The summed E-state index contributed by atoms with van der Waals surface area (Å²) in [5.41, 5.74) is 16.0. The van der Waals surface area contributed by atoms with E-state index < -0.39 is 0 Å². The van der Waals surface area contributed by atoms with Gasteiger partial charge >= 0.3 is 0 Å². The third kappa shape index (κ3) is 7.59. The van der Waals surface area contributed by atoms with Crippen LogP contribution in [-0.2, 0) is 0 Å². The molecular formula is C65H46N4O2. The van der Waals surface area contributed by atoms with E-state index in [0.29, 0.717) is 23.2 Å². The molecule has 0 spiro atoms. The quantitative estimate of drug-likeness (QED) is 0.121. The second-order valence-corrected chi connectivity index (χ2v) is 17.4. The van der Waals surface area contributed by atoms with Crippen molar-refractivity contribution in [1.82, 2.24) is 19.5 Å². The van der Waals surface area contributed by atoms with Crippen molar-refractivity contribution in [1.29, 1.82) is 0 Å². The lowest BCUT2D eigenvalue weighted by atomic mass is 9.89. The summed E-state index contributed by atoms with van der Waals surface area (Å²) in [7, 11) is 1.74. The molecule has 0 aliphatic rings. The lowest BCUT2D eigenvalue weighted by Crippen LogP contribution is -2.01. The molecule has 12 rings (SSSR count). The second kappa shape index (κ2) is 18.3. The highest BCUT2D eigenvalue weighted by atomic mass is 16.5. The van der Waals surface area contributed by atoms with Crippen LogP contribution in [0.3, 0.4) is 0 Å². The fourth-order valence-corrected chi connectivity index (χ4v) is 10.1. The fraction of sp³-hybridized carbons (Fsp3) is 0.0308. The van der Waals surface area contributed by atoms with Gasteiger partial charge in [0.05, 0.1) is 29.2 Å². The number of methoxy groups -OCH3 is 1. The van der Waals surface area contributed by atoms with Crippen LogP contribution in [0.4, 0.5) is 0 Å². The Balaban J connectivity index is 1.08. The zero-order valence-corrected chi connectivity index (χ0v) is 39.3. The van der Waals surface area contributed by atoms with E-state index in [-0.39, 0.29) is 0 Å². The number of ether oxygens (including phenoxy) is 1. The molecule has 9 aromatic carbocycles. The van der Waals surface area contributed by atoms with Crippen LogP contribution >= 0.6 is 0 Å². The standard InChI is InChI=1S/C65H46N4O2/c1-4-19-44(20-5-2)49-28-17-31-56-61(49)62-54(30-18-32-57(62)71-56)69-53-29-16-15-27-51(53)60-55(69)40-39-50(45-23-11-7-12-24-45)59(60)52-38-37-48(41-58(52)70-3)65-67-63(46-25-13-8-14-26-46)66-64(68-65)47-35-33-43(34-36-47)42-21-9-6-10-22-42/h4-41H,1H2,2-3H3/b20-5-,44-19+. The van der Waals surface area contributed by atoms with E-state index in [4.69, 9.17) is 24.1 Å². The van der Waals surface area contributed by atoms with Crippen molar-refractivity contribution in [3.8, 4) is 79.0 Å². The van der Waals surface area contributed by atoms with Gasteiger partial charge in [-0.3, -0.25) is 0 Å². The molecule has 6 heteroatoms. The van der Waals surface area contributed by atoms with Crippen molar-refractivity contribution in [2.24, 2.45) is 0 Å². The van der Waals surface area contributed by atoms with Gasteiger partial charge < -0.3 is 13.7 Å². The molecule has 0 fully saturated rings. The number of fused-ring (bicyclic) bond motifs is 6. The average Bonchev–Trinajstić information content (AvgIpc) is 4.00. The summed E-state index contributed by atoms with van der Waals surface area (Å²) in [5, 5.41) is 4.30. The molecule has 0 bridgehead atoms. The summed E-state index contributed by atoms with van der Waals surface area (Å²) >= 11 is 0. The van der Waals surface area contributed by atoms with Crippen LogP contribution in [0.2, 0.25) is 0 Å². The molecule has 0 N–H and O–H groups in total. The Morgan fingerprint density at radius 2 is 1.07 bits per heavy atom. The van der Waals surface area contributed by atoms with Gasteiger partial charge in [0.2, 0.25) is 0 Å². The Bertz CT molecular complexity index is 4040. The molecule has 12 aromatic rings. The van der Waals surface area contributed by atoms with Gasteiger partial charge in [0.25, 0.3) is 0 Å². The number of para-hydroxylation sites is 1. The SMILES string of the molecule is C=C/C=C(\C=C/C)c1cccc2oc3cccc(-n4c5ccccc5c5c(-c6ccc(-c7nc(-c8ccccc8)nc(-c8ccc(-c9ccccc9)cc8)n7)cc6OC)c(-c6ccccc6)ccc54)c3c12. The van der Waals surface area contributed by atoms with Gasteiger partial charge in [-0.15, -0.1) is 0 Å². The van der Waals surface area contributed by atoms with Gasteiger partial charge in [-0.05, 0) is 82.8 Å². The summed E-state index contributed by atoms with van der Waals surface area (Å²) in [6.45, 7) is 6.08. The lowest BCUT2D eigenvalue weighted by Gasteiger charge is -2.17. The number of hydrogen-bond acceptors (Lipinski definition) is 5. The van der Waals surface area contributed by atoms with E-state index in [2.05, 4.69) is 199 Å². The third-order valence-corrected chi connectivity index (χ3v) is 13.3. The predicted octanol–water partition coefficient (Wildman–Crippen LogP) is 17.0. The Morgan fingerprint density at radius 1 is 0.507 bits per heavy atom. The van der Waals surface area contributed by atoms with Gasteiger partial charge in [0.1, 0.15) is 16.9 Å². The Labute approximate surface area is 411 Å². The first kappa shape index (κ1) is 42.9. The molecule has 0 saturated carbocycles. The molecule has 6 nitrogen and oxygen atoms in total. The highest BCUT2D eigenvalue weighted by molar-refractivity contribution is 6.21. The van der Waals surface area contributed by atoms with Crippen molar-refractivity contribution >= 4 is 49.3 Å². The molecular weight excluding hydrogens is 869 g/mol. The van der Waals surface area contributed by atoms with E-state index in [0.717, 1.165) is 111 Å². The normalized spacial score (nSPS) is 11.9. The maximum atomic E-state index is 6.68. The highest BCUT2D eigenvalue weighted by Gasteiger charge is 2.25. The zero-order valence-electron chi connectivity index (χ0n) is 39.3. The van der Waals surface area contributed by atoms with E-state index in [1.807, 2.05) is 49.4 Å². The predicted molar refractivity (Wildman–Crippen MR) is 294 cm³/mol. The van der Waals surface area contributed by atoms with Crippen LogP contribution in [0.15, 0.2) is 242 Å². The fourth-order valence-electron chi connectivity index (χ4n) is 10.1. The van der Waals surface area contributed by atoms with E-state index in [9.17, 15) is 0 Å². The lowest BCUT2D eigenvalue weighted by molar-refractivity contribution is 0.416. The van der Waals surface area contributed by atoms with Crippen molar-refractivity contribution in [2.45, 2.75) is 6.92 Å². The topological polar surface area (TPSA) is 66.0 Å². The monoisotopic (exact) mass is 914 g/mol. The number of nitrogens with zero attached hydrogens (tertiary/aromatic N) is 4. The summed E-state index contributed by atoms with van der Waals surface area (Å²) < 4.78 is 15.5. The smallest absolute Gasteiger partial charge is 0.164 e. The van der Waals surface area contributed by atoms with E-state index in [1.165, 1.54) is 0 Å². The van der Waals surface area contributed by atoms with Crippen molar-refractivity contribution < 1.29 is 9.15 Å². The minimum Gasteiger partial charge on any atom is -0.496 e. The van der Waals surface area contributed by atoms with Gasteiger partial charge in [-0.1, -0.05) is 195 Å². The molecule has 3 aromatic heterocycles. The highest BCUT2D eigenvalue weighted by Crippen LogP contribution is 2.48. The van der Waals surface area contributed by atoms with Crippen LogP contribution in [-0.4, -0.2) is 26.6 Å². The average molecular weight is 915 g/mol. The van der Waals surface area contributed by atoms with Gasteiger partial charge in [-0.25, -0.2) is 15.0 Å². The van der Waals surface area contributed by atoms with Crippen LogP contribution in [0.25, 0.3) is 123 Å². The maximum Gasteiger partial charge on any atom is 0.164 e. The number of allylic oxidation sites excluding steroid dienone is 5. The van der Waals surface area contributed by atoms with E-state index >= 15 is 0 Å². The summed E-state index contributed by atoms with van der Waals surface area (Å²) in [6, 6.07) is 71.6. The molecule has 0 aliphatic heterocycles. The van der Waals surface area contributed by atoms with Crippen molar-refractivity contribution in [3.05, 3.63) is 243 Å². The molecule has 0 atom stereocenters. The van der Waals surface area contributed by atoms with Crippen LogP contribution in [0.1, 0.15) is 12.5 Å². The van der Waals surface area contributed by atoms with Crippen molar-refractivity contribution in [3.63, 3.8) is 0 Å². The zero-order chi connectivity index (χ0) is 47.8. The second-order valence-electron chi connectivity index (χ2n) is 17.4. The Morgan fingerprint density at radius 3 is 1.76 bits per heavy atom. The molecule has 0 amide bonds. The Hall–Kier alpha value is -9.39. The number of rotatable bonds is 11. The molecule has 0 radical (unpaired) electrons. The molecule has 71 heavy (non-hydrogen) atoms. The molecule has 0 unspecified atom stereocenters. The van der Waals surface area contributed by atoms with Crippen LogP contribution < -0.4 is 4.74 Å². The van der Waals surface area contributed by atoms with E-state index in [1.54, 1.807) is 7.11 Å². The maximum absolute atomic E-state index is 6.68.